The van der Waals surface area contributed by atoms with Crippen molar-refractivity contribution in [2.24, 2.45) is 4.99 Å². The Bertz CT molecular complexity index is 1700. The molecule has 0 aliphatic carbocycles. The first kappa shape index (κ1) is 25.8. The maximum atomic E-state index is 13.3. The molecule has 0 atom stereocenters. The van der Waals surface area contributed by atoms with E-state index in [1.54, 1.807) is 31.4 Å². The Morgan fingerprint density at radius 1 is 1.00 bits per heavy atom. The van der Waals surface area contributed by atoms with E-state index in [0.29, 0.717) is 42.2 Å². The smallest absolute Gasteiger partial charge is 0.337 e. The molecule has 0 unspecified atom stereocenters. The fraction of sp³-hybridized carbons (Fsp3) is 0.222. The van der Waals surface area contributed by atoms with Gasteiger partial charge in [-0.2, -0.15) is 4.99 Å². The van der Waals surface area contributed by atoms with Crippen LogP contribution >= 0.6 is 11.3 Å². The van der Waals surface area contributed by atoms with Crippen molar-refractivity contribution in [1.29, 1.82) is 0 Å². The van der Waals surface area contributed by atoms with E-state index < -0.39 is 21.9 Å². The number of amides is 1. The first-order valence-corrected chi connectivity index (χ1v) is 14.1. The van der Waals surface area contributed by atoms with Crippen molar-refractivity contribution in [2.45, 2.75) is 17.9 Å². The van der Waals surface area contributed by atoms with Gasteiger partial charge in [0.1, 0.15) is 0 Å². The molecule has 0 radical (unpaired) electrons. The Kier molecular flexibility index (Phi) is 7.15. The number of rotatable bonds is 7. The normalized spacial score (nSPS) is 13.6. The summed E-state index contributed by atoms with van der Waals surface area (Å²) in [6.45, 7) is 1.23. The second-order valence-electron chi connectivity index (χ2n) is 8.60. The summed E-state index contributed by atoms with van der Waals surface area (Å²) in [5.41, 5.74) is 3.14. The third kappa shape index (κ3) is 4.75. The van der Waals surface area contributed by atoms with E-state index in [-0.39, 0.29) is 10.5 Å². The quantitative estimate of drug-likeness (QED) is 0.325. The van der Waals surface area contributed by atoms with Crippen LogP contribution in [-0.2, 0) is 32.5 Å². The van der Waals surface area contributed by atoms with Gasteiger partial charge in [-0.3, -0.25) is 9.10 Å². The average Bonchev–Trinajstić information content (AvgIpc) is 3.52. The molecule has 9 nitrogen and oxygen atoms in total. The maximum absolute atomic E-state index is 13.3. The highest BCUT2D eigenvalue weighted by molar-refractivity contribution is 7.92. The predicted molar refractivity (Wildman–Crippen MR) is 144 cm³/mol. The summed E-state index contributed by atoms with van der Waals surface area (Å²) in [5, 5.41) is 0. The molecule has 0 fully saturated rings. The summed E-state index contributed by atoms with van der Waals surface area (Å²) < 4.78 is 40.6. The summed E-state index contributed by atoms with van der Waals surface area (Å²) >= 11 is 1.27. The van der Waals surface area contributed by atoms with Gasteiger partial charge in [0.05, 0.1) is 40.1 Å². The Hall–Kier alpha value is -3.80. The number of benzene rings is 3. The number of esters is 1. The standard InChI is InChI=1S/C27H25N3O6S2/c1-35-16-15-29-23-12-9-20(26(32)36-2)17-24(23)37-27(29)28-25(31)19-7-10-21(11-8-19)38(33,34)30-14-13-18-5-3-4-6-22(18)30/h3-12,17H,13-16H2,1-2H3. The third-order valence-corrected chi connectivity index (χ3v) is 9.22. The molecule has 11 heteroatoms. The molecule has 0 spiro atoms. The van der Waals surface area contributed by atoms with E-state index in [2.05, 4.69) is 4.99 Å². The van der Waals surface area contributed by atoms with Crippen LogP contribution in [0.5, 0.6) is 0 Å². The van der Waals surface area contributed by atoms with Gasteiger partial charge in [0.2, 0.25) is 0 Å². The Labute approximate surface area is 223 Å². The lowest BCUT2D eigenvalue weighted by Gasteiger charge is -2.19. The summed E-state index contributed by atoms with van der Waals surface area (Å²) in [6, 6.07) is 18.4. The van der Waals surface area contributed by atoms with Crippen molar-refractivity contribution >= 4 is 49.1 Å². The Balaban J connectivity index is 1.46. The van der Waals surface area contributed by atoms with Crippen LogP contribution in [0.2, 0.25) is 0 Å². The number of methoxy groups -OCH3 is 2. The van der Waals surface area contributed by atoms with Crippen LogP contribution in [0.15, 0.2) is 76.6 Å². The minimum Gasteiger partial charge on any atom is -0.465 e. The van der Waals surface area contributed by atoms with Gasteiger partial charge < -0.3 is 14.0 Å². The molecule has 3 aromatic carbocycles. The number of ether oxygens (including phenoxy) is 2. The highest BCUT2D eigenvalue weighted by Gasteiger charge is 2.30. The van der Waals surface area contributed by atoms with Gasteiger partial charge in [0, 0.05) is 25.8 Å². The SMILES string of the molecule is COCCn1c(=NC(=O)c2ccc(S(=O)(=O)N3CCc4ccccc43)cc2)sc2cc(C(=O)OC)ccc21. The van der Waals surface area contributed by atoms with E-state index in [9.17, 15) is 18.0 Å². The zero-order valence-corrected chi connectivity index (χ0v) is 22.4. The zero-order valence-electron chi connectivity index (χ0n) is 20.8. The van der Waals surface area contributed by atoms with Gasteiger partial charge in [-0.25, -0.2) is 13.2 Å². The topological polar surface area (TPSA) is 107 Å². The first-order valence-electron chi connectivity index (χ1n) is 11.8. The van der Waals surface area contributed by atoms with Gasteiger partial charge in [-0.05, 0) is 60.5 Å². The molecule has 0 saturated heterocycles. The molecule has 38 heavy (non-hydrogen) atoms. The van der Waals surface area contributed by atoms with E-state index in [4.69, 9.17) is 9.47 Å². The van der Waals surface area contributed by atoms with E-state index in [0.717, 1.165) is 15.8 Å². The van der Waals surface area contributed by atoms with Crippen molar-refractivity contribution in [1.82, 2.24) is 4.57 Å². The minimum absolute atomic E-state index is 0.109. The van der Waals surface area contributed by atoms with Crippen LogP contribution < -0.4 is 9.11 Å². The number of nitrogens with zero attached hydrogens (tertiary/aromatic N) is 3. The third-order valence-electron chi connectivity index (χ3n) is 6.35. The average molecular weight is 552 g/mol. The van der Waals surface area contributed by atoms with Crippen LogP contribution in [0.25, 0.3) is 10.2 Å². The summed E-state index contributed by atoms with van der Waals surface area (Å²) in [6.07, 6.45) is 0.657. The molecule has 2 heterocycles. The molecular formula is C27H25N3O6S2. The Morgan fingerprint density at radius 3 is 2.47 bits per heavy atom. The molecule has 1 aromatic heterocycles. The van der Waals surface area contributed by atoms with Crippen LogP contribution in [-0.4, -0.2) is 52.2 Å². The second-order valence-corrected chi connectivity index (χ2v) is 11.5. The fourth-order valence-corrected chi connectivity index (χ4v) is 7.00. The molecule has 0 saturated carbocycles. The van der Waals surface area contributed by atoms with Crippen LogP contribution in [0.1, 0.15) is 26.3 Å². The molecule has 196 valence electrons. The van der Waals surface area contributed by atoms with Crippen molar-refractivity contribution in [3.8, 4) is 0 Å². The fourth-order valence-electron chi connectivity index (χ4n) is 4.41. The van der Waals surface area contributed by atoms with Crippen LogP contribution in [0, 0.1) is 0 Å². The Morgan fingerprint density at radius 2 is 1.74 bits per heavy atom. The number of carbonyl (C=O) groups is 2. The molecule has 5 rings (SSSR count). The number of aromatic nitrogens is 1. The van der Waals surface area contributed by atoms with E-state index >= 15 is 0 Å². The lowest BCUT2D eigenvalue weighted by atomic mass is 10.2. The molecule has 0 N–H and O–H groups in total. The number of thiazole rings is 1. The predicted octanol–water partition coefficient (Wildman–Crippen LogP) is 3.63. The summed E-state index contributed by atoms with van der Waals surface area (Å²) in [7, 11) is -0.858. The number of para-hydroxylation sites is 1. The maximum Gasteiger partial charge on any atom is 0.337 e. The second kappa shape index (κ2) is 10.5. The molecule has 1 amide bonds. The lowest BCUT2D eigenvalue weighted by molar-refractivity contribution is 0.0600. The van der Waals surface area contributed by atoms with Crippen molar-refractivity contribution in [3.63, 3.8) is 0 Å². The number of anilines is 1. The molecule has 1 aliphatic rings. The van der Waals surface area contributed by atoms with Crippen LogP contribution in [0.3, 0.4) is 0 Å². The highest BCUT2D eigenvalue weighted by Crippen LogP contribution is 2.32. The lowest BCUT2D eigenvalue weighted by Crippen LogP contribution is -2.29. The molecular weight excluding hydrogens is 526 g/mol. The van der Waals surface area contributed by atoms with E-state index in [1.165, 1.54) is 47.0 Å². The zero-order chi connectivity index (χ0) is 26.9. The number of sulfonamides is 1. The van der Waals surface area contributed by atoms with E-state index in [1.807, 2.05) is 22.8 Å². The van der Waals surface area contributed by atoms with Gasteiger partial charge >= 0.3 is 5.97 Å². The summed E-state index contributed by atoms with van der Waals surface area (Å²) in [5.74, 6) is -0.961. The van der Waals surface area contributed by atoms with Crippen LogP contribution in [0.4, 0.5) is 5.69 Å². The number of carbonyl (C=O) groups excluding carboxylic acids is 2. The van der Waals surface area contributed by atoms with Gasteiger partial charge in [0.25, 0.3) is 15.9 Å². The number of fused-ring (bicyclic) bond motifs is 2. The molecule has 4 aromatic rings. The largest absolute Gasteiger partial charge is 0.465 e. The van der Waals surface area contributed by atoms with Gasteiger partial charge in [-0.15, -0.1) is 0 Å². The van der Waals surface area contributed by atoms with Gasteiger partial charge in [-0.1, -0.05) is 29.5 Å². The summed E-state index contributed by atoms with van der Waals surface area (Å²) in [4.78, 5) is 29.9. The molecule has 1 aliphatic heterocycles. The minimum atomic E-state index is -3.76. The highest BCUT2D eigenvalue weighted by atomic mass is 32.2. The van der Waals surface area contributed by atoms with Gasteiger partial charge in [0.15, 0.2) is 4.80 Å². The van der Waals surface area contributed by atoms with Crippen molar-refractivity contribution < 1.29 is 27.5 Å². The molecule has 0 bridgehead atoms. The number of hydrogen-bond acceptors (Lipinski definition) is 7. The van der Waals surface area contributed by atoms with Crippen molar-refractivity contribution in [3.05, 3.63) is 88.2 Å². The van der Waals surface area contributed by atoms with Crippen molar-refractivity contribution in [2.75, 3.05) is 31.7 Å². The number of hydrogen-bond donors (Lipinski definition) is 0. The first-order chi connectivity index (χ1) is 18.3. The monoisotopic (exact) mass is 551 g/mol.